The second-order valence-electron chi connectivity index (χ2n) is 4.24. The Hall–Kier alpha value is -1.63. The minimum Gasteiger partial charge on any atom is -0.383 e. The first-order valence-corrected chi connectivity index (χ1v) is 6.80. The SMILES string of the molecule is COCCN(CCOC)C(=O)C(=O)Nc1ccc(Cl)cc1. The Morgan fingerprint density at radius 2 is 1.62 bits per heavy atom. The number of anilines is 1. The van der Waals surface area contributed by atoms with E-state index in [1.54, 1.807) is 24.3 Å². The molecule has 7 heteroatoms. The highest BCUT2D eigenvalue weighted by molar-refractivity contribution is 6.39. The average molecular weight is 315 g/mol. The van der Waals surface area contributed by atoms with Gasteiger partial charge in [0.2, 0.25) is 0 Å². The van der Waals surface area contributed by atoms with Crippen molar-refractivity contribution in [1.82, 2.24) is 4.90 Å². The zero-order valence-corrected chi connectivity index (χ0v) is 12.9. The Labute approximate surface area is 129 Å². The molecule has 6 nitrogen and oxygen atoms in total. The first kappa shape index (κ1) is 17.4. The van der Waals surface area contributed by atoms with Gasteiger partial charge in [-0.3, -0.25) is 9.59 Å². The summed E-state index contributed by atoms with van der Waals surface area (Å²) in [5.41, 5.74) is 0.510. The van der Waals surface area contributed by atoms with Crippen LogP contribution in [0.1, 0.15) is 0 Å². The van der Waals surface area contributed by atoms with Gasteiger partial charge in [-0.2, -0.15) is 0 Å². The predicted octanol–water partition coefficient (Wildman–Crippen LogP) is 1.40. The smallest absolute Gasteiger partial charge is 0.313 e. The molecular formula is C14H19ClN2O4. The van der Waals surface area contributed by atoms with E-state index >= 15 is 0 Å². The average Bonchev–Trinajstić information content (AvgIpc) is 2.49. The summed E-state index contributed by atoms with van der Waals surface area (Å²) in [6.45, 7) is 1.35. The molecule has 0 spiro atoms. The molecule has 0 fully saturated rings. The zero-order valence-electron chi connectivity index (χ0n) is 12.1. The van der Waals surface area contributed by atoms with Crippen molar-refractivity contribution in [3.63, 3.8) is 0 Å². The predicted molar refractivity (Wildman–Crippen MR) is 80.4 cm³/mol. The summed E-state index contributed by atoms with van der Waals surface area (Å²) in [6, 6.07) is 6.52. The molecule has 2 amide bonds. The number of hydrogen-bond donors (Lipinski definition) is 1. The third-order valence-electron chi connectivity index (χ3n) is 2.71. The van der Waals surface area contributed by atoms with E-state index in [1.807, 2.05) is 0 Å². The van der Waals surface area contributed by atoms with E-state index in [-0.39, 0.29) is 0 Å². The van der Waals surface area contributed by atoms with Gasteiger partial charge in [0.1, 0.15) is 0 Å². The van der Waals surface area contributed by atoms with Gasteiger partial charge < -0.3 is 19.7 Å². The largest absolute Gasteiger partial charge is 0.383 e. The van der Waals surface area contributed by atoms with Crippen LogP contribution in [-0.2, 0) is 19.1 Å². The van der Waals surface area contributed by atoms with Gasteiger partial charge in [-0.1, -0.05) is 11.6 Å². The third kappa shape index (κ3) is 6.12. The van der Waals surface area contributed by atoms with Crippen LogP contribution in [-0.4, -0.2) is 57.2 Å². The highest BCUT2D eigenvalue weighted by Gasteiger charge is 2.21. The Bertz CT molecular complexity index is 457. The fraction of sp³-hybridized carbons (Fsp3) is 0.429. The number of amides is 2. The van der Waals surface area contributed by atoms with E-state index in [2.05, 4.69) is 5.32 Å². The van der Waals surface area contributed by atoms with Crippen LogP contribution in [0.25, 0.3) is 0 Å². The summed E-state index contributed by atoms with van der Waals surface area (Å²) in [5, 5.41) is 3.09. The van der Waals surface area contributed by atoms with Crippen molar-refractivity contribution >= 4 is 29.1 Å². The molecule has 0 heterocycles. The van der Waals surface area contributed by atoms with Crippen molar-refractivity contribution in [3.05, 3.63) is 29.3 Å². The van der Waals surface area contributed by atoms with Crippen LogP contribution in [0.15, 0.2) is 24.3 Å². The molecule has 0 unspecified atom stereocenters. The number of nitrogens with one attached hydrogen (secondary N) is 1. The Balaban J connectivity index is 2.63. The molecule has 0 radical (unpaired) electrons. The summed E-state index contributed by atoms with van der Waals surface area (Å²) < 4.78 is 9.87. The van der Waals surface area contributed by atoms with E-state index < -0.39 is 11.8 Å². The number of methoxy groups -OCH3 is 2. The topological polar surface area (TPSA) is 67.9 Å². The lowest BCUT2D eigenvalue weighted by atomic mass is 10.3. The Kier molecular flexibility index (Phi) is 7.74. The minimum absolute atomic E-state index is 0.326. The van der Waals surface area contributed by atoms with Gasteiger partial charge in [0.15, 0.2) is 0 Å². The number of ether oxygens (including phenoxy) is 2. The molecule has 0 aliphatic rings. The van der Waals surface area contributed by atoms with E-state index in [9.17, 15) is 9.59 Å². The lowest BCUT2D eigenvalue weighted by Gasteiger charge is -2.21. The van der Waals surface area contributed by atoms with Crippen LogP contribution in [0.4, 0.5) is 5.69 Å². The highest BCUT2D eigenvalue weighted by atomic mass is 35.5. The van der Waals surface area contributed by atoms with Crippen LogP contribution < -0.4 is 5.32 Å². The maximum absolute atomic E-state index is 12.1. The number of hydrogen-bond acceptors (Lipinski definition) is 4. The van der Waals surface area contributed by atoms with Crippen molar-refractivity contribution in [2.24, 2.45) is 0 Å². The quantitative estimate of drug-likeness (QED) is 0.773. The first-order chi connectivity index (χ1) is 10.1. The number of carbonyl (C=O) groups is 2. The lowest BCUT2D eigenvalue weighted by molar-refractivity contribution is -0.144. The van der Waals surface area contributed by atoms with Crippen molar-refractivity contribution in [3.8, 4) is 0 Å². The molecule has 1 aromatic carbocycles. The number of carbonyl (C=O) groups excluding carboxylic acids is 2. The number of rotatable bonds is 7. The number of benzene rings is 1. The number of nitrogens with zero attached hydrogens (tertiary/aromatic N) is 1. The fourth-order valence-corrected chi connectivity index (χ4v) is 1.71. The van der Waals surface area contributed by atoms with E-state index in [4.69, 9.17) is 21.1 Å². The summed E-state index contributed by atoms with van der Waals surface area (Å²) in [6.07, 6.45) is 0. The Morgan fingerprint density at radius 1 is 1.10 bits per heavy atom. The zero-order chi connectivity index (χ0) is 15.7. The highest BCUT2D eigenvalue weighted by Crippen LogP contribution is 2.13. The maximum Gasteiger partial charge on any atom is 0.313 e. The number of halogens is 1. The minimum atomic E-state index is -0.704. The van der Waals surface area contributed by atoms with Crippen molar-refractivity contribution in [2.45, 2.75) is 0 Å². The van der Waals surface area contributed by atoms with Crippen LogP contribution in [0, 0.1) is 0 Å². The van der Waals surface area contributed by atoms with E-state index in [0.717, 1.165) is 0 Å². The molecule has 0 aliphatic carbocycles. The fourth-order valence-electron chi connectivity index (χ4n) is 1.58. The molecule has 0 saturated heterocycles. The standard InChI is InChI=1S/C14H19ClN2O4/c1-20-9-7-17(8-10-21-2)14(19)13(18)16-12-5-3-11(15)4-6-12/h3-6H,7-10H2,1-2H3,(H,16,18). The van der Waals surface area contributed by atoms with Crippen LogP contribution in [0.3, 0.4) is 0 Å². The van der Waals surface area contributed by atoms with Crippen molar-refractivity contribution in [2.75, 3.05) is 45.8 Å². The van der Waals surface area contributed by atoms with Gasteiger partial charge in [-0.05, 0) is 24.3 Å². The monoisotopic (exact) mass is 314 g/mol. The van der Waals surface area contributed by atoms with Gasteiger partial charge in [0.25, 0.3) is 0 Å². The molecule has 0 aromatic heterocycles. The summed E-state index contributed by atoms with van der Waals surface area (Å²) in [5.74, 6) is -1.33. The van der Waals surface area contributed by atoms with E-state index in [1.165, 1.54) is 19.1 Å². The van der Waals surface area contributed by atoms with Gasteiger partial charge in [0.05, 0.1) is 13.2 Å². The van der Waals surface area contributed by atoms with Gasteiger partial charge in [-0.25, -0.2) is 0 Å². The molecule has 116 valence electrons. The molecule has 21 heavy (non-hydrogen) atoms. The first-order valence-electron chi connectivity index (χ1n) is 6.42. The molecule has 0 aliphatic heterocycles. The molecule has 1 N–H and O–H groups in total. The third-order valence-corrected chi connectivity index (χ3v) is 2.97. The van der Waals surface area contributed by atoms with Crippen LogP contribution in [0.2, 0.25) is 5.02 Å². The molecule has 1 rings (SSSR count). The van der Waals surface area contributed by atoms with Gasteiger partial charge >= 0.3 is 11.8 Å². The van der Waals surface area contributed by atoms with Crippen LogP contribution in [0.5, 0.6) is 0 Å². The molecule has 0 atom stereocenters. The molecule has 1 aromatic rings. The van der Waals surface area contributed by atoms with Gasteiger partial charge in [0, 0.05) is 38.0 Å². The van der Waals surface area contributed by atoms with Gasteiger partial charge in [-0.15, -0.1) is 0 Å². The van der Waals surface area contributed by atoms with Crippen molar-refractivity contribution < 1.29 is 19.1 Å². The second-order valence-corrected chi connectivity index (χ2v) is 4.68. The lowest BCUT2D eigenvalue weighted by Crippen LogP contribution is -2.43. The second kappa shape index (κ2) is 9.33. The van der Waals surface area contributed by atoms with Crippen molar-refractivity contribution in [1.29, 1.82) is 0 Å². The van der Waals surface area contributed by atoms with E-state index in [0.29, 0.717) is 37.0 Å². The summed E-state index contributed by atoms with van der Waals surface area (Å²) in [7, 11) is 3.07. The summed E-state index contributed by atoms with van der Waals surface area (Å²) in [4.78, 5) is 25.4. The Morgan fingerprint density at radius 3 is 2.10 bits per heavy atom. The normalized spacial score (nSPS) is 10.2. The molecule has 0 bridgehead atoms. The maximum atomic E-state index is 12.1. The molecular weight excluding hydrogens is 296 g/mol. The molecule has 0 saturated carbocycles. The van der Waals surface area contributed by atoms with Crippen LogP contribution >= 0.6 is 11.6 Å². The summed E-state index contributed by atoms with van der Waals surface area (Å²) >= 11 is 5.76.